The first-order chi connectivity index (χ1) is 13.5. The quantitative estimate of drug-likeness (QED) is 0.383. The third-order valence-electron chi connectivity index (χ3n) is 3.75. The lowest BCUT2D eigenvalue weighted by Crippen LogP contribution is -2.18. The third-order valence-corrected chi connectivity index (χ3v) is 4.55. The van der Waals surface area contributed by atoms with Crippen molar-refractivity contribution in [3.05, 3.63) is 98.5 Å². The van der Waals surface area contributed by atoms with E-state index in [1.165, 1.54) is 12.3 Å². The molecule has 0 aliphatic carbocycles. The molecule has 0 unspecified atom stereocenters. The number of carbonyl (C=O) groups is 1. The van der Waals surface area contributed by atoms with Crippen molar-refractivity contribution in [2.24, 2.45) is 5.10 Å². The Morgan fingerprint density at radius 2 is 1.61 bits per heavy atom. The molecule has 0 atom stereocenters. The highest BCUT2D eigenvalue weighted by Crippen LogP contribution is 2.20. The molecule has 0 saturated carbocycles. The van der Waals surface area contributed by atoms with Gasteiger partial charge in [0.1, 0.15) is 12.4 Å². The van der Waals surface area contributed by atoms with Crippen LogP contribution in [0.15, 0.2) is 71.8 Å². The molecule has 0 aliphatic heterocycles. The fourth-order valence-electron chi connectivity index (χ4n) is 2.30. The van der Waals surface area contributed by atoms with Gasteiger partial charge in [0.05, 0.1) is 16.8 Å². The lowest BCUT2D eigenvalue weighted by atomic mass is 10.2. The maximum Gasteiger partial charge on any atom is 0.272 e. The molecule has 3 aromatic carbocycles. The number of hydrogen-bond donors (Lipinski definition) is 1. The molecular weight excluding hydrogens is 419 g/mol. The summed E-state index contributed by atoms with van der Waals surface area (Å²) in [6.07, 6.45) is 1.53. The van der Waals surface area contributed by atoms with Crippen molar-refractivity contribution in [3.8, 4) is 5.75 Å². The van der Waals surface area contributed by atoms with Crippen molar-refractivity contribution in [1.29, 1.82) is 0 Å². The predicted octanol–water partition coefficient (Wildman–Crippen LogP) is 5.99. The van der Waals surface area contributed by atoms with Gasteiger partial charge in [-0.25, -0.2) is 5.43 Å². The van der Waals surface area contributed by atoms with Gasteiger partial charge in [-0.05, 0) is 65.7 Å². The molecule has 142 valence electrons. The normalized spacial score (nSPS) is 10.8. The van der Waals surface area contributed by atoms with Gasteiger partial charge in [-0.2, -0.15) is 5.10 Å². The van der Waals surface area contributed by atoms with Crippen molar-refractivity contribution in [3.63, 3.8) is 0 Å². The fraction of sp³-hybridized carbons (Fsp3) is 0.0476. The molecule has 0 saturated heterocycles. The van der Waals surface area contributed by atoms with Crippen LogP contribution in [0.4, 0.5) is 0 Å². The minimum Gasteiger partial charge on any atom is -0.489 e. The summed E-state index contributed by atoms with van der Waals surface area (Å²) in [5, 5.41) is 5.36. The van der Waals surface area contributed by atoms with E-state index in [1.807, 2.05) is 48.5 Å². The van der Waals surface area contributed by atoms with Gasteiger partial charge in [0, 0.05) is 10.0 Å². The summed E-state index contributed by atoms with van der Waals surface area (Å²) in [5.41, 5.74) is 4.57. The molecule has 0 heterocycles. The summed E-state index contributed by atoms with van der Waals surface area (Å²) in [5.74, 6) is 0.310. The maximum atomic E-state index is 12.1. The summed E-state index contributed by atoms with van der Waals surface area (Å²) in [4.78, 5) is 12.1. The van der Waals surface area contributed by atoms with Crippen molar-refractivity contribution < 1.29 is 9.53 Å². The van der Waals surface area contributed by atoms with Gasteiger partial charge in [0.25, 0.3) is 5.91 Å². The first-order valence-electron chi connectivity index (χ1n) is 8.27. The largest absolute Gasteiger partial charge is 0.489 e. The molecule has 1 amide bonds. The predicted molar refractivity (Wildman–Crippen MR) is 114 cm³/mol. The van der Waals surface area contributed by atoms with Gasteiger partial charge >= 0.3 is 0 Å². The summed E-state index contributed by atoms with van der Waals surface area (Å²) in [6, 6.07) is 19.4. The highest BCUT2D eigenvalue weighted by atomic mass is 35.5. The minimum absolute atomic E-state index is 0.266. The van der Waals surface area contributed by atoms with Gasteiger partial charge in [-0.1, -0.05) is 46.9 Å². The van der Waals surface area contributed by atoms with E-state index in [2.05, 4.69) is 10.5 Å². The molecule has 1 N–H and O–H groups in total. The average Bonchev–Trinajstić information content (AvgIpc) is 2.68. The standard InChI is InChI=1S/C21H15Cl3N2O2/c22-16-5-1-15(2-6-16)13-28-18-8-3-14(4-9-18)12-25-26-21(27)19-10-7-17(23)11-20(19)24/h1-12H,13H2,(H,26,27)/b25-12+. The summed E-state index contributed by atoms with van der Waals surface area (Å²) < 4.78 is 5.73. The van der Waals surface area contributed by atoms with Gasteiger partial charge in [0.2, 0.25) is 0 Å². The van der Waals surface area contributed by atoms with E-state index >= 15 is 0 Å². The Morgan fingerprint density at radius 3 is 2.29 bits per heavy atom. The number of carbonyl (C=O) groups excluding carboxylic acids is 1. The number of halogens is 3. The van der Waals surface area contributed by atoms with Crippen LogP contribution in [0.25, 0.3) is 0 Å². The molecule has 4 nitrogen and oxygen atoms in total. The van der Waals surface area contributed by atoms with Crippen molar-refractivity contribution in [2.45, 2.75) is 6.61 Å². The Balaban J connectivity index is 1.53. The number of nitrogens with zero attached hydrogens (tertiary/aromatic N) is 1. The second kappa shape index (κ2) is 9.60. The van der Waals surface area contributed by atoms with Crippen molar-refractivity contribution in [2.75, 3.05) is 0 Å². The van der Waals surface area contributed by atoms with Crippen LogP contribution in [0.2, 0.25) is 15.1 Å². The number of hydrazone groups is 1. The Bertz CT molecular complexity index is 988. The smallest absolute Gasteiger partial charge is 0.272 e. The molecule has 28 heavy (non-hydrogen) atoms. The Labute approximate surface area is 177 Å². The molecule has 0 aliphatic rings. The number of rotatable bonds is 6. The SMILES string of the molecule is O=C(N/N=C/c1ccc(OCc2ccc(Cl)cc2)cc1)c1ccc(Cl)cc1Cl. The molecule has 0 spiro atoms. The van der Waals surface area contributed by atoms with Crippen LogP contribution in [0, 0.1) is 0 Å². The molecule has 7 heteroatoms. The number of benzene rings is 3. The molecule has 3 aromatic rings. The van der Waals surface area contributed by atoms with Crippen LogP contribution in [0.3, 0.4) is 0 Å². The average molecular weight is 434 g/mol. The van der Waals surface area contributed by atoms with Crippen LogP contribution < -0.4 is 10.2 Å². The first kappa shape index (κ1) is 20.2. The first-order valence-corrected chi connectivity index (χ1v) is 9.40. The van der Waals surface area contributed by atoms with Crippen LogP contribution in [0.1, 0.15) is 21.5 Å². The van der Waals surface area contributed by atoms with E-state index in [0.717, 1.165) is 16.9 Å². The van der Waals surface area contributed by atoms with E-state index in [9.17, 15) is 4.79 Å². The Morgan fingerprint density at radius 1 is 0.929 bits per heavy atom. The van der Waals surface area contributed by atoms with Crippen molar-refractivity contribution >= 4 is 46.9 Å². The number of amides is 1. The fourth-order valence-corrected chi connectivity index (χ4v) is 2.92. The monoisotopic (exact) mass is 432 g/mol. The minimum atomic E-state index is -0.416. The van der Waals surface area contributed by atoms with Gasteiger partial charge in [0.15, 0.2) is 0 Å². The van der Waals surface area contributed by atoms with E-state index in [4.69, 9.17) is 39.5 Å². The lowest BCUT2D eigenvalue weighted by Gasteiger charge is -2.06. The highest BCUT2D eigenvalue weighted by molar-refractivity contribution is 6.36. The lowest BCUT2D eigenvalue weighted by molar-refractivity contribution is 0.0955. The van der Waals surface area contributed by atoms with Crippen LogP contribution in [0.5, 0.6) is 5.75 Å². The Hall–Kier alpha value is -2.53. The van der Waals surface area contributed by atoms with E-state index in [-0.39, 0.29) is 5.02 Å². The highest BCUT2D eigenvalue weighted by Gasteiger charge is 2.09. The van der Waals surface area contributed by atoms with Gasteiger partial charge < -0.3 is 4.74 Å². The number of nitrogens with one attached hydrogen (secondary N) is 1. The summed E-state index contributed by atoms with van der Waals surface area (Å²) >= 11 is 17.7. The molecule has 3 rings (SSSR count). The number of ether oxygens (including phenoxy) is 1. The van der Waals surface area contributed by atoms with E-state index in [0.29, 0.717) is 22.2 Å². The van der Waals surface area contributed by atoms with E-state index < -0.39 is 5.91 Å². The molecular formula is C21H15Cl3N2O2. The van der Waals surface area contributed by atoms with Gasteiger partial charge in [-0.3, -0.25) is 4.79 Å². The molecule has 0 bridgehead atoms. The Kier molecular flexibility index (Phi) is 6.93. The maximum absolute atomic E-state index is 12.1. The van der Waals surface area contributed by atoms with Crippen LogP contribution in [-0.2, 0) is 6.61 Å². The zero-order valence-corrected chi connectivity index (χ0v) is 16.8. The molecule has 0 fully saturated rings. The third kappa shape index (κ3) is 5.73. The van der Waals surface area contributed by atoms with Gasteiger partial charge in [-0.15, -0.1) is 0 Å². The summed E-state index contributed by atoms with van der Waals surface area (Å²) in [6.45, 7) is 0.447. The van der Waals surface area contributed by atoms with E-state index in [1.54, 1.807) is 12.1 Å². The summed E-state index contributed by atoms with van der Waals surface area (Å²) in [7, 11) is 0. The molecule has 0 aromatic heterocycles. The zero-order chi connectivity index (χ0) is 19.9. The van der Waals surface area contributed by atoms with Crippen LogP contribution >= 0.6 is 34.8 Å². The topological polar surface area (TPSA) is 50.7 Å². The second-order valence-corrected chi connectivity index (χ2v) is 7.09. The van der Waals surface area contributed by atoms with Crippen LogP contribution in [-0.4, -0.2) is 12.1 Å². The number of hydrogen-bond acceptors (Lipinski definition) is 3. The second-order valence-electron chi connectivity index (χ2n) is 5.81. The zero-order valence-electron chi connectivity index (χ0n) is 14.5. The molecule has 0 radical (unpaired) electrons. The van der Waals surface area contributed by atoms with Crippen molar-refractivity contribution in [1.82, 2.24) is 5.43 Å².